The fourth-order valence-electron chi connectivity index (χ4n) is 1.17. The van der Waals surface area contributed by atoms with Crippen molar-refractivity contribution in [1.29, 1.82) is 0 Å². The van der Waals surface area contributed by atoms with Gasteiger partial charge in [-0.3, -0.25) is 0 Å². The molecule has 0 saturated heterocycles. The van der Waals surface area contributed by atoms with Crippen molar-refractivity contribution in [2.75, 3.05) is 7.11 Å². The first-order chi connectivity index (χ1) is 4.33. The van der Waals surface area contributed by atoms with E-state index in [9.17, 15) is 0 Å². The summed E-state index contributed by atoms with van der Waals surface area (Å²) < 4.78 is 5.21. The lowest BCUT2D eigenvalue weighted by atomic mass is 9.98. The van der Waals surface area contributed by atoms with E-state index in [2.05, 4.69) is 15.9 Å². The second kappa shape index (κ2) is 3.57. The lowest BCUT2D eigenvalue weighted by Gasteiger charge is -2.23. The van der Waals surface area contributed by atoms with Gasteiger partial charge in [-0.05, 0) is 25.7 Å². The van der Waals surface area contributed by atoms with Gasteiger partial charge in [-0.25, -0.2) is 0 Å². The second-order valence-electron chi connectivity index (χ2n) is 2.47. The largest absolute Gasteiger partial charge is 0.381 e. The standard InChI is InChI=1S/C7H12BrO/c1-9-7-4-2-3-6(8)5-7/h7H,2-5H2,1H3. The van der Waals surface area contributed by atoms with Crippen molar-refractivity contribution < 1.29 is 4.74 Å². The number of halogens is 1. The fraction of sp³-hybridized carbons (Fsp3) is 0.857. The molecule has 1 rings (SSSR count). The monoisotopic (exact) mass is 191 g/mol. The molecular formula is C7H12BrO. The molecule has 2 heteroatoms. The Hall–Kier alpha value is 0.440. The highest BCUT2D eigenvalue weighted by molar-refractivity contribution is 9.11. The summed E-state index contributed by atoms with van der Waals surface area (Å²) in [5, 5.41) is 0. The molecule has 0 bridgehead atoms. The minimum Gasteiger partial charge on any atom is -0.381 e. The molecule has 1 fully saturated rings. The van der Waals surface area contributed by atoms with Gasteiger partial charge in [0, 0.05) is 11.9 Å². The average Bonchev–Trinajstić information content (AvgIpc) is 1.88. The van der Waals surface area contributed by atoms with E-state index in [-0.39, 0.29) is 0 Å². The summed E-state index contributed by atoms with van der Waals surface area (Å²) in [6.07, 6.45) is 5.33. The zero-order chi connectivity index (χ0) is 6.69. The molecule has 1 unspecified atom stereocenters. The van der Waals surface area contributed by atoms with Crippen LogP contribution in [-0.2, 0) is 4.74 Å². The van der Waals surface area contributed by atoms with Crippen LogP contribution in [0.1, 0.15) is 25.7 Å². The predicted molar refractivity (Wildman–Crippen MR) is 41.4 cm³/mol. The van der Waals surface area contributed by atoms with Gasteiger partial charge in [-0.2, -0.15) is 0 Å². The molecule has 0 amide bonds. The van der Waals surface area contributed by atoms with Crippen LogP contribution in [0, 0.1) is 4.83 Å². The number of methoxy groups -OCH3 is 1. The Labute approximate surface area is 64.9 Å². The van der Waals surface area contributed by atoms with Crippen molar-refractivity contribution in [3.63, 3.8) is 0 Å². The van der Waals surface area contributed by atoms with E-state index in [0.717, 1.165) is 6.42 Å². The van der Waals surface area contributed by atoms with Crippen LogP contribution in [0.2, 0.25) is 0 Å². The van der Waals surface area contributed by atoms with Gasteiger partial charge < -0.3 is 4.74 Å². The molecule has 1 aliphatic carbocycles. The smallest absolute Gasteiger partial charge is 0.0585 e. The quantitative estimate of drug-likeness (QED) is 0.620. The number of hydrogen-bond acceptors (Lipinski definition) is 1. The van der Waals surface area contributed by atoms with Crippen LogP contribution in [0.4, 0.5) is 0 Å². The number of hydrogen-bond donors (Lipinski definition) is 0. The lowest BCUT2D eigenvalue weighted by Crippen LogP contribution is -2.17. The van der Waals surface area contributed by atoms with E-state index >= 15 is 0 Å². The van der Waals surface area contributed by atoms with Crippen LogP contribution in [0.5, 0.6) is 0 Å². The molecule has 1 radical (unpaired) electrons. The van der Waals surface area contributed by atoms with Gasteiger partial charge >= 0.3 is 0 Å². The highest BCUT2D eigenvalue weighted by Gasteiger charge is 2.19. The normalized spacial score (nSPS) is 30.7. The zero-order valence-corrected chi connectivity index (χ0v) is 7.28. The van der Waals surface area contributed by atoms with Crippen LogP contribution in [0.25, 0.3) is 0 Å². The van der Waals surface area contributed by atoms with E-state index in [1.54, 1.807) is 7.11 Å². The zero-order valence-electron chi connectivity index (χ0n) is 5.69. The van der Waals surface area contributed by atoms with Crippen LogP contribution in [0.3, 0.4) is 0 Å². The van der Waals surface area contributed by atoms with Gasteiger partial charge in [0.05, 0.1) is 6.10 Å². The molecule has 0 spiro atoms. The first-order valence-corrected chi connectivity index (χ1v) is 4.15. The van der Waals surface area contributed by atoms with Crippen molar-refractivity contribution in [3.8, 4) is 0 Å². The minimum absolute atomic E-state index is 0.480. The van der Waals surface area contributed by atoms with Gasteiger partial charge in [0.15, 0.2) is 0 Å². The summed E-state index contributed by atoms with van der Waals surface area (Å²) in [5.41, 5.74) is 0. The van der Waals surface area contributed by atoms with E-state index in [4.69, 9.17) is 4.74 Å². The second-order valence-corrected chi connectivity index (χ2v) is 3.59. The molecule has 1 atom stereocenters. The summed E-state index contributed by atoms with van der Waals surface area (Å²) in [6, 6.07) is 0. The molecule has 0 aromatic heterocycles. The Kier molecular flexibility index (Phi) is 2.99. The summed E-state index contributed by atoms with van der Waals surface area (Å²) in [4.78, 5) is 1.42. The van der Waals surface area contributed by atoms with Crippen molar-refractivity contribution in [2.45, 2.75) is 31.8 Å². The van der Waals surface area contributed by atoms with Gasteiger partial charge in [-0.15, -0.1) is 0 Å². The Morgan fingerprint density at radius 1 is 1.67 bits per heavy atom. The molecule has 1 nitrogen and oxygen atoms in total. The van der Waals surface area contributed by atoms with E-state index in [0.29, 0.717) is 6.10 Å². The maximum absolute atomic E-state index is 5.21. The minimum atomic E-state index is 0.480. The Bertz CT molecular complexity index is 85.0. The summed E-state index contributed by atoms with van der Waals surface area (Å²) in [5.74, 6) is 0. The van der Waals surface area contributed by atoms with Gasteiger partial charge in [0.25, 0.3) is 0 Å². The summed E-state index contributed by atoms with van der Waals surface area (Å²) in [6.45, 7) is 0. The number of ether oxygens (including phenoxy) is 1. The Morgan fingerprint density at radius 3 is 2.89 bits per heavy atom. The third kappa shape index (κ3) is 2.26. The third-order valence-electron chi connectivity index (χ3n) is 1.76. The maximum atomic E-state index is 5.21. The number of rotatable bonds is 1. The molecule has 0 aromatic carbocycles. The van der Waals surface area contributed by atoms with Gasteiger partial charge in [-0.1, -0.05) is 15.9 Å². The summed E-state index contributed by atoms with van der Waals surface area (Å²) >= 11 is 3.51. The Balaban J connectivity index is 2.23. The van der Waals surface area contributed by atoms with Crippen LogP contribution < -0.4 is 0 Å². The highest BCUT2D eigenvalue weighted by Crippen LogP contribution is 2.31. The van der Waals surface area contributed by atoms with Crippen molar-refractivity contribution in [2.24, 2.45) is 0 Å². The highest BCUT2D eigenvalue weighted by atomic mass is 79.9. The molecule has 0 N–H and O–H groups in total. The predicted octanol–water partition coefficient (Wildman–Crippen LogP) is 2.50. The van der Waals surface area contributed by atoms with E-state index in [1.165, 1.54) is 24.1 Å². The molecular weight excluding hydrogens is 180 g/mol. The lowest BCUT2D eigenvalue weighted by molar-refractivity contribution is 0.0823. The molecule has 53 valence electrons. The van der Waals surface area contributed by atoms with Crippen LogP contribution in [0.15, 0.2) is 0 Å². The first-order valence-electron chi connectivity index (χ1n) is 3.36. The maximum Gasteiger partial charge on any atom is 0.0585 e. The molecule has 0 heterocycles. The van der Waals surface area contributed by atoms with E-state index < -0.39 is 0 Å². The summed E-state index contributed by atoms with van der Waals surface area (Å²) in [7, 11) is 1.79. The third-order valence-corrected chi connectivity index (χ3v) is 2.48. The first kappa shape index (κ1) is 7.55. The van der Waals surface area contributed by atoms with Crippen LogP contribution in [-0.4, -0.2) is 13.2 Å². The topological polar surface area (TPSA) is 9.23 Å². The van der Waals surface area contributed by atoms with Crippen molar-refractivity contribution in [1.82, 2.24) is 0 Å². The molecule has 0 aliphatic heterocycles. The fourth-order valence-corrected chi connectivity index (χ4v) is 1.82. The van der Waals surface area contributed by atoms with E-state index in [1.807, 2.05) is 0 Å². The molecule has 1 aliphatic rings. The molecule has 0 aromatic rings. The Morgan fingerprint density at radius 2 is 2.44 bits per heavy atom. The molecule has 9 heavy (non-hydrogen) atoms. The SMILES string of the molecule is COC1CCC[C](Br)C1. The van der Waals surface area contributed by atoms with Gasteiger partial charge in [0.2, 0.25) is 0 Å². The van der Waals surface area contributed by atoms with Crippen molar-refractivity contribution >= 4 is 15.9 Å². The van der Waals surface area contributed by atoms with Gasteiger partial charge in [0.1, 0.15) is 0 Å². The average molecular weight is 192 g/mol. The van der Waals surface area contributed by atoms with Crippen LogP contribution >= 0.6 is 15.9 Å². The van der Waals surface area contributed by atoms with Crippen molar-refractivity contribution in [3.05, 3.63) is 4.83 Å². The molecule has 1 saturated carbocycles.